The van der Waals surface area contributed by atoms with E-state index < -0.39 is 0 Å². The van der Waals surface area contributed by atoms with Crippen LogP contribution in [-0.4, -0.2) is 73.6 Å². The van der Waals surface area contributed by atoms with Gasteiger partial charge in [0.15, 0.2) is 0 Å². The SMILES string of the molecule is CCCN1CCC(N2CC3CN(C)CC3C2)CC1. The van der Waals surface area contributed by atoms with Crippen LogP contribution >= 0.6 is 0 Å². The summed E-state index contributed by atoms with van der Waals surface area (Å²) in [7, 11) is 2.28. The summed E-state index contributed by atoms with van der Waals surface area (Å²) < 4.78 is 0. The average molecular weight is 251 g/mol. The van der Waals surface area contributed by atoms with Gasteiger partial charge in [-0.3, -0.25) is 4.90 Å². The van der Waals surface area contributed by atoms with E-state index in [1.54, 1.807) is 0 Å². The van der Waals surface area contributed by atoms with Crippen LogP contribution in [0.3, 0.4) is 0 Å². The van der Waals surface area contributed by atoms with Crippen LogP contribution in [0.2, 0.25) is 0 Å². The molecule has 0 N–H and O–H groups in total. The number of hydrogen-bond donors (Lipinski definition) is 0. The van der Waals surface area contributed by atoms with Crippen molar-refractivity contribution in [1.29, 1.82) is 0 Å². The summed E-state index contributed by atoms with van der Waals surface area (Å²) in [5.74, 6) is 1.95. The van der Waals surface area contributed by atoms with Crippen molar-refractivity contribution >= 4 is 0 Å². The van der Waals surface area contributed by atoms with Gasteiger partial charge in [-0.05, 0) is 57.8 Å². The molecule has 3 fully saturated rings. The number of likely N-dealkylation sites (tertiary alicyclic amines) is 3. The molecular formula is C15H29N3. The zero-order valence-corrected chi connectivity index (χ0v) is 12.1. The van der Waals surface area contributed by atoms with E-state index in [4.69, 9.17) is 0 Å². The van der Waals surface area contributed by atoms with Gasteiger partial charge in [0, 0.05) is 32.2 Å². The first-order valence-corrected chi connectivity index (χ1v) is 7.91. The van der Waals surface area contributed by atoms with Gasteiger partial charge in [0.25, 0.3) is 0 Å². The van der Waals surface area contributed by atoms with Crippen molar-refractivity contribution in [2.75, 3.05) is 52.9 Å². The highest BCUT2D eigenvalue weighted by molar-refractivity contribution is 4.95. The van der Waals surface area contributed by atoms with E-state index in [1.807, 2.05) is 0 Å². The second-order valence-electron chi connectivity index (χ2n) is 6.77. The first-order chi connectivity index (χ1) is 8.76. The highest BCUT2D eigenvalue weighted by Crippen LogP contribution is 2.33. The summed E-state index contributed by atoms with van der Waals surface area (Å²) >= 11 is 0. The minimum atomic E-state index is 0.897. The zero-order valence-electron chi connectivity index (χ0n) is 12.1. The molecule has 3 heteroatoms. The van der Waals surface area contributed by atoms with Crippen LogP contribution in [0.5, 0.6) is 0 Å². The number of nitrogens with zero attached hydrogens (tertiary/aromatic N) is 3. The molecule has 2 unspecified atom stereocenters. The molecule has 0 radical (unpaired) electrons. The van der Waals surface area contributed by atoms with Gasteiger partial charge in [-0.25, -0.2) is 0 Å². The molecule has 0 aromatic heterocycles. The van der Waals surface area contributed by atoms with Crippen molar-refractivity contribution in [2.45, 2.75) is 32.2 Å². The van der Waals surface area contributed by atoms with Crippen LogP contribution < -0.4 is 0 Å². The molecule has 0 amide bonds. The van der Waals surface area contributed by atoms with Crippen LogP contribution in [0.25, 0.3) is 0 Å². The van der Waals surface area contributed by atoms with Crippen LogP contribution in [0.4, 0.5) is 0 Å². The third kappa shape index (κ3) is 2.59. The molecule has 104 valence electrons. The minimum Gasteiger partial charge on any atom is -0.306 e. The van der Waals surface area contributed by atoms with E-state index in [2.05, 4.69) is 28.7 Å². The normalized spacial score (nSPS) is 36.3. The van der Waals surface area contributed by atoms with Crippen molar-refractivity contribution in [3.05, 3.63) is 0 Å². The molecule has 0 aromatic rings. The summed E-state index contributed by atoms with van der Waals surface area (Å²) in [5, 5.41) is 0. The van der Waals surface area contributed by atoms with E-state index in [0.29, 0.717) is 0 Å². The molecular weight excluding hydrogens is 222 g/mol. The number of piperidine rings is 1. The van der Waals surface area contributed by atoms with Gasteiger partial charge in [-0.1, -0.05) is 6.92 Å². The topological polar surface area (TPSA) is 9.72 Å². The number of hydrogen-bond acceptors (Lipinski definition) is 3. The Morgan fingerprint density at radius 2 is 1.56 bits per heavy atom. The summed E-state index contributed by atoms with van der Waals surface area (Å²) in [5.41, 5.74) is 0. The second kappa shape index (κ2) is 5.48. The molecule has 0 saturated carbocycles. The van der Waals surface area contributed by atoms with E-state index in [9.17, 15) is 0 Å². The summed E-state index contributed by atoms with van der Waals surface area (Å²) in [6.45, 7) is 11.7. The first-order valence-electron chi connectivity index (χ1n) is 7.91. The smallest absolute Gasteiger partial charge is 0.0120 e. The first kappa shape index (κ1) is 12.9. The lowest BCUT2D eigenvalue weighted by Gasteiger charge is -2.37. The number of fused-ring (bicyclic) bond motifs is 1. The Morgan fingerprint density at radius 1 is 0.944 bits per heavy atom. The summed E-state index contributed by atoms with van der Waals surface area (Å²) in [6.07, 6.45) is 4.13. The van der Waals surface area contributed by atoms with Gasteiger partial charge in [0.2, 0.25) is 0 Å². The molecule has 3 nitrogen and oxygen atoms in total. The van der Waals surface area contributed by atoms with Crippen LogP contribution in [0, 0.1) is 11.8 Å². The van der Waals surface area contributed by atoms with Crippen molar-refractivity contribution in [2.24, 2.45) is 11.8 Å². The Labute approximate surface area is 112 Å². The van der Waals surface area contributed by atoms with E-state index >= 15 is 0 Å². The second-order valence-corrected chi connectivity index (χ2v) is 6.77. The van der Waals surface area contributed by atoms with Gasteiger partial charge >= 0.3 is 0 Å². The van der Waals surface area contributed by atoms with Gasteiger partial charge in [-0.15, -0.1) is 0 Å². The zero-order chi connectivity index (χ0) is 12.5. The van der Waals surface area contributed by atoms with Crippen molar-refractivity contribution in [1.82, 2.24) is 14.7 Å². The van der Waals surface area contributed by atoms with Gasteiger partial charge < -0.3 is 9.80 Å². The molecule has 2 atom stereocenters. The van der Waals surface area contributed by atoms with Crippen LogP contribution in [-0.2, 0) is 0 Å². The lowest BCUT2D eigenvalue weighted by Crippen LogP contribution is -2.45. The Bertz CT molecular complexity index is 259. The molecule has 3 heterocycles. The third-order valence-corrected chi connectivity index (χ3v) is 5.31. The molecule has 18 heavy (non-hydrogen) atoms. The van der Waals surface area contributed by atoms with Gasteiger partial charge in [0.1, 0.15) is 0 Å². The lowest BCUT2D eigenvalue weighted by atomic mass is 10.0. The van der Waals surface area contributed by atoms with Crippen LogP contribution in [0.15, 0.2) is 0 Å². The average Bonchev–Trinajstić information content (AvgIpc) is 2.87. The molecule has 3 saturated heterocycles. The number of rotatable bonds is 3. The van der Waals surface area contributed by atoms with Gasteiger partial charge in [0.05, 0.1) is 0 Å². The van der Waals surface area contributed by atoms with E-state index in [1.165, 1.54) is 65.1 Å². The fraction of sp³-hybridized carbons (Fsp3) is 1.00. The standard InChI is InChI=1S/C15H29N3/c1-3-6-17-7-4-15(5-8-17)18-11-13-9-16(2)10-14(13)12-18/h13-15H,3-12H2,1-2H3. The Kier molecular flexibility index (Phi) is 3.92. The van der Waals surface area contributed by atoms with E-state index in [0.717, 1.165) is 17.9 Å². The molecule has 0 bridgehead atoms. The third-order valence-electron chi connectivity index (χ3n) is 5.31. The summed E-state index contributed by atoms with van der Waals surface area (Å²) in [4.78, 5) is 8.00. The molecule has 0 aliphatic carbocycles. The Balaban J connectivity index is 1.47. The predicted octanol–water partition coefficient (Wildman–Crippen LogP) is 1.35. The minimum absolute atomic E-state index is 0.897. The largest absolute Gasteiger partial charge is 0.306 e. The maximum Gasteiger partial charge on any atom is 0.0120 e. The molecule has 0 spiro atoms. The maximum absolute atomic E-state index is 2.83. The quantitative estimate of drug-likeness (QED) is 0.750. The highest BCUT2D eigenvalue weighted by atomic mass is 15.3. The maximum atomic E-state index is 2.83. The molecule has 3 rings (SSSR count). The van der Waals surface area contributed by atoms with Gasteiger partial charge in [-0.2, -0.15) is 0 Å². The highest BCUT2D eigenvalue weighted by Gasteiger charge is 2.41. The Hall–Kier alpha value is -0.120. The van der Waals surface area contributed by atoms with Crippen LogP contribution in [0.1, 0.15) is 26.2 Å². The monoisotopic (exact) mass is 251 g/mol. The molecule has 0 aromatic carbocycles. The van der Waals surface area contributed by atoms with E-state index in [-0.39, 0.29) is 0 Å². The fourth-order valence-electron chi connectivity index (χ4n) is 4.39. The lowest BCUT2D eigenvalue weighted by molar-refractivity contribution is 0.117. The van der Waals surface area contributed by atoms with Crippen molar-refractivity contribution in [3.8, 4) is 0 Å². The fourth-order valence-corrected chi connectivity index (χ4v) is 4.39. The Morgan fingerprint density at radius 3 is 2.11 bits per heavy atom. The van der Waals surface area contributed by atoms with Crippen molar-refractivity contribution < 1.29 is 0 Å². The predicted molar refractivity (Wildman–Crippen MR) is 75.8 cm³/mol. The molecule has 3 aliphatic heterocycles. The molecule has 3 aliphatic rings. The van der Waals surface area contributed by atoms with Crippen molar-refractivity contribution in [3.63, 3.8) is 0 Å². The summed E-state index contributed by atoms with van der Waals surface area (Å²) in [6, 6.07) is 0.897.